The lowest BCUT2D eigenvalue weighted by Gasteiger charge is -2.29. The molecule has 0 bridgehead atoms. The molecule has 0 unspecified atom stereocenters. The fraction of sp³-hybridized carbons (Fsp3) is 0.438. The number of urea groups is 1. The van der Waals surface area contributed by atoms with Gasteiger partial charge in [-0.15, -0.1) is 10.2 Å². The number of nitrogens with zero attached hydrogens (tertiary/aromatic N) is 3. The van der Waals surface area contributed by atoms with Crippen LogP contribution in [-0.4, -0.2) is 29.3 Å². The number of aryl methyl sites for hydroxylation is 1. The normalized spacial score (nSPS) is 17.8. The largest absolute Gasteiger partial charge is 0.346 e. The molecular weight excluding hydrogens is 310 g/mol. The molecule has 2 amide bonds. The van der Waals surface area contributed by atoms with Gasteiger partial charge in [0.1, 0.15) is 0 Å². The summed E-state index contributed by atoms with van der Waals surface area (Å²) < 4.78 is 0. The van der Waals surface area contributed by atoms with Gasteiger partial charge in [-0.25, -0.2) is 4.79 Å². The number of para-hydroxylation sites is 1. The lowest BCUT2D eigenvalue weighted by atomic mass is 10.0. The molecule has 0 aliphatic carbocycles. The Morgan fingerprint density at radius 3 is 2.91 bits per heavy atom. The summed E-state index contributed by atoms with van der Waals surface area (Å²) in [7, 11) is 0. The molecule has 1 fully saturated rings. The van der Waals surface area contributed by atoms with Gasteiger partial charge in [0.05, 0.1) is 0 Å². The van der Waals surface area contributed by atoms with Crippen molar-refractivity contribution in [2.75, 3.05) is 28.6 Å². The maximum Gasteiger partial charge on any atom is 0.325 e. The van der Waals surface area contributed by atoms with Crippen molar-refractivity contribution >= 4 is 33.3 Å². The Balaban J connectivity index is 1.60. The first-order chi connectivity index (χ1) is 11.1. The number of hydrogen-bond donors (Lipinski definition) is 2. The summed E-state index contributed by atoms with van der Waals surface area (Å²) in [5, 5.41) is 15.3. The van der Waals surface area contributed by atoms with E-state index in [1.54, 1.807) is 0 Å². The van der Waals surface area contributed by atoms with Crippen LogP contribution in [0.2, 0.25) is 0 Å². The van der Waals surface area contributed by atoms with Gasteiger partial charge in [0.2, 0.25) is 10.3 Å². The van der Waals surface area contributed by atoms with Gasteiger partial charge >= 0.3 is 6.03 Å². The summed E-state index contributed by atoms with van der Waals surface area (Å²) in [6.07, 6.45) is 2.44. The van der Waals surface area contributed by atoms with Crippen LogP contribution in [0.5, 0.6) is 0 Å². The van der Waals surface area contributed by atoms with Gasteiger partial charge in [0, 0.05) is 18.8 Å². The average molecular weight is 331 g/mol. The van der Waals surface area contributed by atoms with Crippen LogP contribution in [-0.2, 0) is 0 Å². The Bertz CT molecular complexity index is 687. The predicted molar refractivity (Wildman–Crippen MR) is 94.3 cm³/mol. The minimum Gasteiger partial charge on any atom is -0.346 e. The fourth-order valence-electron chi connectivity index (χ4n) is 2.72. The molecule has 7 heteroatoms. The first-order valence-corrected chi connectivity index (χ1v) is 8.65. The van der Waals surface area contributed by atoms with Gasteiger partial charge in [-0.05, 0) is 37.3 Å². The van der Waals surface area contributed by atoms with E-state index in [1.165, 1.54) is 24.2 Å². The molecule has 1 aliphatic rings. The van der Waals surface area contributed by atoms with Crippen LogP contribution in [0.25, 0.3) is 0 Å². The fourth-order valence-corrected chi connectivity index (χ4v) is 3.50. The van der Waals surface area contributed by atoms with Crippen molar-refractivity contribution in [1.82, 2.24) is 10.2 Å². The number of rotatable bonds is 3. The second-order valence-corrected chi connectivity index (χ2v) is 6.93. The molecule has 3 rings (SSSR count). The van der Waals surface area contributed by atoms with Crippen molar-refractivity contribution in [2.24, 2.45) is 5.92 Å². The molecule has 6 nitrogen and oxygen atoms in total. The molecule has 1 saturated heterocycles. The lowest BCUT2D eigenvalue weighted by molar-refractivity contribution is 0.262. The lowest BCUT2D eigenvalue weighted by Crippen LogP contribution is -2.34. The van der Waals surface area contributed by atoms with Crippen LogP contribution in [0.15, 0.2) is 24.3 Å². The SMILES string of the molecule is Cc1ccccc1NC(=O)Nc1nnc(N2CCC[C@@H](C)C2)s1. The molecule has 122 valence electrons. The number of benzene rings is 1. The second-order valence-electron chi connectivity index (χ2n) is 5.98. The van der Waals surface area contributed by atoms with E-state index in [4.69, 9.17) is 0 Å². The molecule has 0 radical (unpaired) electrons. The number of anilines is 3. The topological polar surface area (TPSA) is 70.1 Å². The Kier molecular flexibility index (Phi) is 4.76. The smallest absolute Gasteiger partial charge is 0.325 e. The van der Waals surface area contributed by atoms with E-state index in [2.05, 4.69) is 32.7 Å². The summed E-state index contributed by atoms with van der Waals surface area (Å²) in [5.74, 6) is 0.674. The number of piperidine rings is 1. The maximum atomic E-state index is 12.1. The summed E-state index contributed by atoms with van der Waals surface area (Å²) >= 11 is 1.42. The van der Waals surface area contributed by atoms with Crippen LogP contribution in [0, 0.1) is 12.8 Å². The summed E-state index contributed by atoms with van der Waals surface area (Å²) in [6.45, 7) is 6.22. The molecule has 2 N–H and O–H groups in total. The highest BCUT2D eigenvalue weighted by molar-refractivity contribution is 7.19. The first kappa shape index (κ1) is 15.7. The number of aromatic nitrogens is 2. The number of amides is 2. The van der Waals surface area contributed by atoms with Crippen molar-refractivity contribution in [3.63, 3.8) is 0 Å². The Morgan fingerprint density at radius 2 is 2.13 bits per heavy atom. The molecule has 2 aromatic rings. The van der Waals surface area contributed by atoms with Gasteiger partial charge in [0.25, 0.3) is 0 Å². The van der Waals surface area contributed by atoms with Gasteiger partial charge < -0.3 is 10.2 Å². The molecule has 1 atom stereocenters. The van der Waals surface area contributed by atoms with Crippen LogP contribution in [0.4, 0.5) is 20.7 Å². The quantitative estimate of drug-likeness (QED) is 0.899. The highest BCUT2D eigenvalue weighted by Crippen LogP contribution is 2.28. The van der Waals surface area contributed by atoms with Crippen molar-refractivity contribution in [3.8, 4) is 0 Å². The molecular formula is C16H21N5OS. The summed E-state index contributed by atoms with van der Waals surface area (Å²) in [6, 6.07) is 7.36. The van der Waals surface area contributed by atoms with Crippen molar-refractivity contribution in [3.05, 3.63) is 29.8 Å². The number of nitrogens with one attached hydrogen (secondary N) is 2. The van der Waals surface area contributed by atoms with Gasteiger partial charge in [0.15, 0.2) is 0 Å². The van der Waals surface area contributed by atoms with E-state index in [0.717, 1.165) is 29.5 Å². The standard InChI is InChI=1S/C16H21N5OS/c1-11-6-5-9-21(10-11)16-20-19-15(23-16)18-14(22)17-13-8-4-3-7-12(13)2/h3-4,7-8,11H,5-6,9-10H2,1-2H3,(H2,17,18,19,22)/t11-/m1/s1. The van der Waals surface area contributed by atoms with Crippen molar-refractivity contribution in [1.29, 1.82) is 0 Å². The molecule has 1 aromatic carbocycles. The summed E-state index contributed by atoms with van der Waals surface area (Å²) in [4.78, 5) is 14.3. The molecule has 23 heavy (non-hydrogen) atoms. The van der Waals surface area contributed by atoms with E-state index in [9.17, 15) is 4.79 Å². The minimum absolute atomic E-state index is 0.297. The van der Waals surface area contributed by atoms with E-state index in [-0.39, 0.29) is 6.03 Å². The molecule has 0 spiro atoms. The second kappa shape index (κ2) is 6.95. The molecule has 0 saturated carbocycles. The van der Waals surface area contributed by atoms with Crippen LogP contribution in [0.3, 0.4) is 0 Å². The number of carbonyl (C=O) groups is 1. The zero-order chi connectivity index (χ0) is 16.2. The zero-order valence-electron chi connectivity index (χ0n) is 13.4. The van der Waals surface area contributed by atoms with Crippen molar-refractivity contribution < 1.29 is 4.79 Å². The third kappa shape index (κ3) is 3.98. The number of hydrogen-bond acceptors (Lipinski definition) is 5. The molecule has 2 heterocycles. The van der Waals surface area contributed by atoms with E-state index in [1.807, 2.05) is 31.2 Å². The number of carbonyl (C=O) groups excluding carboxylic acids is 1. The first-order valence-electron chi connectivity index (χ1n) is 7.84. The monoisotopic (exact) mass is 331 g/mol. The zero-order valence-corrected chi connectivity index (χ0v) is 14.2. The van der Waals surface area contributed by atoms with E-state index in [0.29, 0.717) is 11.0 Å². The molecule has 1 aromatic heterocycles. The minimum atomic E-state index is -0.297. The van der Waals surface area contributed by atoms with E-state index < -0.39 is 0 Å². The van der Waals surface area contributed by atoms with Gasteiger partial charge in [-0.2, -0.15) is 0 Å². The van der Waals surface area contributed by atoms with Crippen LogP contribution in [0.1, 0.15) is 25.3 Å². The summed E-state index contributed by atoms with van der Waals surface area (Å²) in [5.41, 5.74) is 1.81. The van der Waals surface area contributed by atoms with Crippen LogP contribution < -0.4 is 15.5 Å². The van der Waals surface area contributed by atoms with Gasteiger partial charge in [-0.1, -0.05) is 36.5 Å². The highest BCUT2D eigenvalue weighted by atomic mass is 32.1. The van der Waals surface area contributed by atoms with Gasteiger partial charge in [-0.3, -0.25) is 5.32 Å². The Morgan fingerprint density at radius 1 is 1.30 bits per heavy atom. The Labute approximate surface area is 139 Å². The molecule has 1 aliphatic heterocycles. The maximum absolute atomic E-state index is 12.1. The average Bonchev–Trinajstić information content (AvgIpc) is 2.98. The predicted octanol–water partition coefficient (Wildman–Crippen LogP) is 3.73. The third-order valence-electron chi connectivity index (χ3n) is 3.96. The van der Waals surface area contributed by atoms with Crippen LogP contribution >= 0.6 is 11.3 Å². The van der Waals surface area contributed by atoms with E-state index >= 15 is 0 Å². The Hall–Kier alpha value is -2.15. The van der Waals surface area contributed by atoms with Crippen molar-refractivity contribution in [2.45, 2.75) is 26.7 Å². The highest BCUT2D eigenvalue weighted by Gasteiger charge is 2.20. The third-order valence-corrected chi connectivity index (χ3v) is 4.86.